The molecule has 0 heterocycles. The van der Waals surface area contributed by atoms with Gasteiger partial charge in [0.25, 0.3) is 0 Å². The molecule has 3 atom stereocenters. The molecule has 0 radical (unpaired) electrons. The average molecular weight is 341 g/mol. The molecule has 3 rings (SSSR count). The Bertz CT molecular complexity index is 620. The molecule has 0 aromatic heterocycles. The van der Waals surface area contributed by atoms with Crippen molar-refractivity contribution in [3.63, 3.8) is 0 Å². The fourth-order valence-corrected chi connectivity index (χ4v) is 4.87. The Morgan fingerprint density at radius 3 is 2.80 bits per heavy atom. The summed E-state index contributed by atoms with van der Waals surface area (Å²) in [5.41, 5.74) is 5.69. The van der Waals surface area contributed by atoms with Crippen LogP contribution in [0.25, 0.3) is 0 Å². The van der Waals surface area contributed by atoms with Crippen LogP contribution in [0.4, 0.5) is 0 Å². The van der Waals surface area contributed by atoms with Crippen molar-refractivity contribution in [1.29, 1.82) is 0 Å². The van der Waals surface area contributed by atoms with Gasteiger partial charge in [0.15, 0.2) is 0 Å². The third kappa shape index (κ3) is 4.33. The minimum atomic E-state index is -0.141. The summed E-state index contributed by atoms with van der Waals surface area (Å²) in [6.07, 6.45) is 7.84. The number of allylic oxidation sites excluding steroid dienone is 2. The smallest absolute Gasteiger partial charge is 0.325 e. The van der Waals surface area contributed by atoms with Gasteiger partial charge in [-0.15, -0.1) is 5.48 Å². The highest BCUT2D eigenvalue weighted by atomic mass is 16.7. The summed E-state index contributed by atoms with van der Waals surface area (Å²) in [4.78, 5) is 17.7. The molecule has 1 N–H and O–H groups in total. The van der Waals surface area contributed by atoms with Crippen molar-refractivity contribution in [3.05, 3.63) is 47.5 Å². The van der Waals surface area contributed by atoms with Gasteiger partial charge >= 0.3 is 5.97 Å². The first-order valence-electron chi connectivity index (χ1n) is 9.60. The maximum atomic E-state index is 12.4. The highest BCUT2D eigenvalue weighted by molar-refractivity contribution is 5.70. The van der Waals surface area contributed by atoms with Crippen LogP contribution < -0.4 is 5.48 Å². The number of benzene rings is 1. The van der Waals surface area contributed by atoms with Gasteiger partial charge in [-0.3, -0.25) is 4.79 Å². The largest absolute Gasteiger partial charge is 0.370 e. The zero-order chi connectivity index (χ0) is 17.9. The van der Waals surface area contributed by atoms with E-state index in [2.05, 4.69) is 32.3 Å². The molecular weight excluding hydrogens is 310 g/mol. The fraction of sp³-hybridized carbons (Fsp3) is 0.591. The molecule has 3 unspecified atom stereocenters. The van der Waals surface area contributed by atoms with Gasteiger partial charge in [0.05, 0.1) is 13.0 Å². The molecule has 2 aliphatic carbocycles. The van der Waals surface area contributed by atoms with Crippen molar-refractivity contribution >= 4 is 5.97 Å². The molecule has 0 spiro atoms. The molecule has 2 aliphatic rings. The van der Waals surface area contributed by atoms with E-state index in [1.165, 1.54) is 31.3 Å². The van der Waals surface area contributed by atoms with Crippen LogP contribution >= 0.6 is 0 Å². The second kappa shape index (κ2) is 7.74. The summed E-state index contributed by atoms with van der Waals surface area (Å²) in [5.74, 6) is 1.51. The minimum absolute atomic E-state index is 0.141. The van der Waals surface area contributed by atoms with E-state index in [0.29, 0.717) is 36.1 Å². The van der Waals surface area contributed by atoms with Gasteiger partial charge in [-0.05, 0) is 54.9 Å². The molecule has 3 nitrogen and oxygen atoms in total. The molecule has 0 aliphatic heterocycles. The lowest BCUT2D eigenvalue weighted by Crippen LogP contribution is -2.41. The van der Waals surface area contributed by atoms with Crippen LogP contribution in [0.15, 0.2) is 42.0 Å². The third-order valence-corrected chi connectivity index (χ3v) is 6.37. The Labute approximate surface area is 151 Å². The molecule has 0 saturated heterocycles. The number of hydroxylamine groups is 1. The van der Waals surface area contributed by atoms with E-state index in [-0.39, 0.29) is 5.97 Å². The van der Waals surface area contributed by atoms with E-state index in [1.54, 1.807) is 0 Å². The van der Waals surface area contributed by atoms with Crippen LogP contribution in [-0.4, -0.2) is 5.97 Å². The molecule has 0 bridgehead atoms. The SMILES string of the molecule is CC1=CCC2C(CCCC2(C)C)C1CC(=O)ONCc1ccccc1. The van der Waals surface area contributed by atoms with E-state index in [1.807, 2.05) is 30.3 Å². The Balaban J connectivity index is 1.56. The monoisotopic (exact) mass is 341 g/mol. The van der Waals surface area contributed by atoms with Crippen LogP contribution in [0.5, 0.6) is 0 Å². The van der Waals surface area contributed by atoms with Crippen molar-refractivity contribution in [2.75, 3.05) is 0 Å². The molecule has 25 heavy (non-hydrogen) atoms. The van der Waals surface area contributed by atoms with E-state index in [0.717, 1.165) is 5.56 Å². The van der Waals surface area contributed by atoms with Gasteiger partial charge in [-0.1, -0.05) is 62.2 Å². The molecular formula is C22H31NO2. The molecule has 0 amide bonds. The van der Waals surface area contributed by atoms with Crippen LogP contribution in [0.1, 0.15) is 58.4 Å². The van der Waals surface area contributed by atoms with Crippen molar-refractivity contribution in [1.82, 2.24) is 5.48 Å². The molecule has 1 fully saturated rings. The number of nitrogens with one attached hydrogen (secondary N) is 1. The van der Waals surface area contributed by atoms with Gasteiger partial charge in [0.2, 0.25) is 0 Å². The number of hydrogen-bond acceptors (Lipinski definition) is 3. The lowest BCUT2D eigenvalue weighted by atomic mass is 9.56. The quantitative estimate of drug-likeness (QED) is 0.603. The number of rotatable bonds is 5. The fourth-order valence-electron chi connectivity index (χ4n) is 4.87. The van der Waals surface area contributed by atoms with Crippen LogP contribution in [0, 0.1) is 23.2 Å². The van der Waals surface area contributed by atoms with Gasteiger partial charge < -0.3 is 4.84 Å². The van der Waals surface area contributed by atoms with Gasteiger partial charge in [-0.2, -0.15) is 0 Å². The molecule has 136 valence electrons. The first-order chi connectivity index (χ1) is 12.0. The summed E-state index contributed by atoms with van der Waals surface area (Å²) in [6, 6.07) is 9.99. The Kier molecular flexibility index (Phi) is 5.63. The van der Waals surface area contributed by atoms with Crippen molar-refractivity contribution < 1.29 is 9.63 Å². The number of carbonyl (C=O) groups excluding carboxylic acids is 1. The maximum absolute atomic E-state index is 12.4. The lowest BCUT2D eigenvalue weighted by Gasteiger charge is -2.49. The van der Waals surface area contributed by atoms with Crippen molar-refractivity contribution in [2.24, 2.45) is 23.2 Å². The highest BCUT2D eigenvalue weighted by Crippen LogP contribution is 2.52. The first kappa shape index (κ1) is 18.2. The summed E-state index contributed by atoms with van der Waals surface area (Å²) >= 11 is 0. The second-order valence-corrected chi connectivity index (χ2v) is 8.43. The predicted octanol–water partition coefficient (Wildman–Crippen LogP) is 5.03. The van der Waals surface area contributed by atoms with Crippen LogP contribution in [0.3, 0.4) is 0 Å². The molecule has 3 heteroatoms. The van der Waals surface area contributed by atoms with Crippen molar-refractivity contribution in [2.45, 2.75) is 59.4 Å². The van der Waals surface area contributed by atoms with Crippen molar-refractivity contribution in [3.8, 4) is 0 Å². The standard InChI is InChI=1S/C22H31NO2/c1-16-11-12-20-18(10-7-13-22(20,2)3)19(16)14-21(24)25-23-15-17-8-5-4-6-9-17/h4-6,8-9,11,18-20,23H,7,10,12-15H2,1-3H3. The zero-order valence-corrected chi connectivity index (χ0v) is 15.8. The van der Waals surface area contributed by atoms with E-state index in [9.17, 15) is 4.79 Å². The Hall–Kier alpha value is -1.61. The van der Waals surface area contributed by atoms with Crippen LogP contribution in [0.2, 0.25) is 0 Å². The van der Waals surface area contributed by atoms with Gasteiger partial charge in [0.1, 0.15) is 0 Å². The van der Waals surface area contributed by atoms with E-state index >= 15 is 0 Å². The third-order valence-electron chi connectivity index (χ3n) is 6.37. The molecule has 1 aromatic carbocycles. The molecule has 1 aromatic rings. The van der Waals surface area contributed by atoms with Gasteiger partial charge in [-0.25, -0.2) is 0 Å². The lowest BCUT2D eigenvalue weighted by molar-refractivity contribution is -0.153. The second-order valence-electron chi connectivity index (χ2n) is 8.43. The minimum Gasteiger partial charge on any atom is -0.370 e. The number of carbonyl (C=O) groups is 1. The Morgan fingerprint density at radius 1 is 1.28 bits per heavy atom. The summed E-state index contributed by atoms with van der Waals surface area (Å²) in [7, 11) is 0. The normalized spacial score (nSPS) is 28.0. The van der Waals surface area contributed by atoms with Gasteiger partial charge in [0, 0.05) is 0 Å². The average Bonchev–Trinajstić information content (AvgIpc) is 2.58. The Morgan fingerprint density at radius 2 is 2.04 bits per heavy atom. The van der Waals surface area contributed by atoms with Crippen LogP contribution in [-0.2, 0) is 16.2 Å². The first-order valence-corrected chi connectivity index (χ1v) is 9.60. The predicted molar refractivity (Wildman–Crippen MR) is 100 cm³/mol. The summed E-state index contributed by atoms with van der Waals surface area (Å²) in [5, 5.41) is 0. The topological polar surface area (TPSA) is 38.3 Å². The van der Waals surface area contributed by atoms with E-state index in [4.69, 9.17) is 4.84 Å². The highest BCUT2D eigenvalue weighted by Gasteiger charge is 2.44. The molecule has 1 saturated carbocycles. The number of fused-ring (bicyclic) bond motifs is 1. The summed E-state index contributed by atoms with van der Waals surface area (Å²) in [6.45, 7) is 7.53. The summed E-state index contributed by atoms with van der Waals surface area (Å²) < 4.78 is 0. The maximum Gasteiger partial charge on any atom is 0.325 e. The van der Waals surface area contributed by atoms with E-state index < -0.39 is 0 Å². The zero-order valence-electron chi connectivity index (χ0n) is 15.8. The number of hydrogen-bond donors (Lipinski definition) is 1.